The lowest BCUT2D eigenvalue weighted by Gasteiger charge is -2.40. The molecule has 6 heteroatoms. The van der Waals surface area contributed by atoms with Crippen molar-refractivity contribution in [2.24, 2.45) is 22.7 Å². The Bertz CT molecular complexity index is 945. The zero-order chi connectivity index (χ0) is 29.3. The van der Waals surface area contributed by atoms with Gasteiger partial charge in [-0.05, 0) is 48.2 Å². The van der Waals surface area contributed by atoms with Crippen LogP contribution in [0, 0.1) is 22.7 Å². The van der Waals surface area contributed by atoms with Crippen LogP contribution >= 0.6 is 0 Å². The highest BCUT2D eigenvalue weighted by Gasteiger charge is 2.37. The van der Waals surface area contributed by atoms with Gasteiger partial charge in [0.05, 0.1) is 66.1 Å². The lowest BCUT2D eigenvalue weighted by Crippen LogP contribution is -2.46. The van der Waals surface area contributed by atoms with Gasteiger partial charge in [0.25, 0.3) is 0 Å². The third-order valence-electron chi connectivity index (χ3n) is 8.98. The molecule has 2 aromatic carbocycles. The van der Waals surface area contributed by atoms with Crippen LogP contribution in [0.5, 0.6) is 11.5 Å². The SMILES string of the molecule is CCC1(COCC(C)COc2ccc(C(C)(C)c3ccc(OCC(C)COCC4(CC)COC4)cc3)cc2)COC1. The van der Waals surface area contributed by atoms with Crippen LogP contribution in [-0.4, -0.2) is 66.1 Å². The molecule has 0 N–H and O–H groups in total. The van der Waals surface area contributed by atoms with E-state index in [1.54, 1.807) is 0 Å². The standard InChI is InChI=1S/C35H52O6/c1-7-34(23-38-24-34)21-36-17-27(3)19-40-31-13-9-29(10-14-31)33(5,6)30-11-15-32(16-12-30)41-20-28(4)18-37-22-35(8-2)25-39-26-35/h9-16,27-28H,7-8,17-26H2,1-6H3. The van der Waals surface area contributed by atoms with Crippen LogP contribution in [0.4, 0.5) is 0 Å². The minimum atomic E-state index is -0.139. The van der Waals surface area contributed by atoms with Crippen molar-refractivity contribution in [1.82, 2.24) is 0 Å². The number of benzene rings is 2. The van der Waals surface area contributed by atoms with Crippen molar-refractivity contribution in [1.29, 1.82) is 0 Å². The first-order chi connectivity index (χ1) is 19.7. The topological polar surface area (TPSA) is 55.4 Å². The number of hydrogen-bond donors (Lipinski definition) is 0. The molecule has 0 saturated carbocycles. The van der Waals surface area contributed by atoms with Gasteiger partial charge in [-0.15, -0.1) is 0 Å². The van der Waals surface area contributed by atoms with E-state index < -0.39 is 0 Å². The minimum absolute atomic E-state index is 0.139. The summed E-state index contributed by atoms with van der Waals surface area (Å²) in [5.41, 5.74) is 2.81. The van der Waals surface area contributed by atoms with E-state index >= 15 is 0 Å². The molecule has 2 heterocycles. The molecule has 0 radical (unpaired) electrons. The molecule has 0 aliphatic carbocycles. The van der Waals surface area contributed by atoms with E-state index in [0.717, 1.165) is 64.0 Å². The van der Waals surface area contributed by atoms with Gasteiger partial charge in [0, 0.05) is 28.1 Å². The highest BCUT2D eigenvalue weighted by Crippen LogP contribution is 2.34. The van der Waals surface area contributed by atoms with Crippen molar-refractivity contribution >= 4 is 0 Å². The maximum Gasteiger partial charge on any atom is 0.119 e. The molecule has 41 heavy (non-hydrogen) atoms. The van der Waals surface area contributed by atoms with Crippen molar-refractivity contribution in [3.8, 4) is 11.5 Å². The summed E-state index contributed by atoms with van der Waals surface area (Å²) in [6.07, 6.45) is 2.20. The van der Waals surface area contributed by atoms with Crippen LogP contribution < -0.4 is 9.47 Å². The Morgan fingerprint density at radius 2 is 1.00 bits per heavy atom. The van der Waals surface area contributed by atoms with E-state index in [0.29, 0.717) is 38.3 Å². The first-order valence-electron chi connectivity index (χ1n) is 15.5. The fourth-order valence-corrected chi connectivity index (χ4v) is 5.19. The van der Waals surface area contributed by atoms with Gasteiger partial charge >= 0.3 is 0 Å². The molecule has 2 saturated heterocycles. The Labute approximate surface area is 248 Å². The van der Waals surface area contributed by atoms with Gasteiger partial charge in [0.1, 0.15) is 11.5 Å². The summed E-state index contributed by atoms with van der Waals surface area (Å²) in [5, 5.41) is 0. The van der Waals surface area contributed by atoms with Crippen LogP contribution in [0.15, 0.2) is 48.5 Å². The predicted molar refractivity (Wildman–Crippen MR) is 163 cm³/mol. The van der Waals surface area contributed by atoms with E-state index in [1.165, 1.54) is 11.1 Å². The van der Waals surface area contributed by atoms with Crippen LogP contribution in [-0.2, 0) is 24.4 Å². The largest absolute Gasteiger partial charge is 0.493 e. The molecule has 2 aliphatic rings. The third kappa shape index (κ3) is 8.47. The van der Waals surface area contributed by atoms with Crippen molar-refractivity contribution < 1.29 is 28.4 Å². The van der Waals surface area contributed by atoms with E-state index in [-0.39, 0.29) is 16.2 Å². The predicted octanol–water partition coefficient (Wildman–Crippen LogP) is 6.93. The first-order valence-corrected chi connectivity index (χ1v) is 15.5. The zero-order valence-corrected chi connectivity index (χ0v) is 26.2. The molecule has 4 rings (SSSR count). The van der Waals surface area contributed by atoms with Crippen molar-refractivity contribution in [3.63, 3.8) is 0 Å². The summed E-state index contributed by atoms with van der Waals surface area (Å²) in [4.78, 5) is 0. The van der Waals surface area contributed by atoms with Gasteiger partial charge in [0.2, 0.25) is 0 Å². The monoisotopic (exact) mass is 568 g/mol. The Hall–Kier alpha value is -2.12. The normalized spacial score (nSPS) is 19.1. The van der Waals surface area contributed by atoms with Gasteiger partial charge in [-0.2, -0.15) is 0 Å². The van der Waals surface area contributed by atoms with Crippen molar-refractivity contribution in [2.45, 2.75) is 59.8 Å². The van der Waals surface area contributed by atoms with E-state index in [4.69, 9.17) is 28.4 Å². The average molecular weight is 569 g/mol. The summed E-state index contributed by atoms with van der Waals surface area (Å²) in [6.45, 7) is 20.8. The molecule has 0 aromatic heterocycles. The molecule has 0 spiro atoms. The molecule has 6 nitrogen and oxygen atoms in total. The van der Waals surface area contributed by atoms with Gasteiger partial charge in [-0.3, -0.25) is 0 Å². The number of hydrogen-bond acceptors (Lipinski definition) is 6. The smallest absolute Gasteiger partial charge is 0.119 e. The second-order valence-corrected chi connectivity index (χ2v) is 13.2. The summed E-state index contributed by atoms with van der Waals surface area (Å²) in [7, 11) is 0. The fraction of sp³-hybridized carbons (Fsp3) is 0.657. The molecular weight excluding hydrogens is 516 g/mol. The molecule has 2 aliphatic heterocycles. The van der Waals surface area contributed by atoms with Gasteiger partial charge < -0.3 is 28.4 Å². The fourth-order valence-electron chi connectivity index (χ4n) is 5.19. The third-order valence-corrected chi connectivity index (χ3v) is 8.98. The Kier molecular flexibility index (Phi) is 11.1. The zero-order valence-electron chi connectivity index (χ0n) is 26.2. The minimum Gasteiger partial charge on any atom is -0.493 e. The van der Waals surface area contributed by atoms with Crippen LogP contribution in [0.25, 0.3) is 0 Å². The second kappa shape index (κ2) is 14.4. The number of rotatable bonds is 18. The van der Waals surface area contributed by atoms with Crippen LogP contribution in [0.1, 0.15) is 65.5 Å². The van der Waals surface area contributed by atoms with E-state index in [9.17, 15) is 0 Å². The lowest BCUT2D eigenvalue weighted by molar-refractivity contribution is -0.152. The summed E-state index contributed by atoms with van der Waals surface area (Å²) < 4.78 is 34.9. The summed E-state index contributed by atoms with van der Waals surface area (Å²) in [5.74, 6) is 2.43. The maximum absolute atomic E-state index is 6.07. The molecule has 228 valence electrons. The summed E-state index contributed by atoms with van der Waals surface area (Å²) in [6, 6.07) is 17.0. The quantitative estimate of drug-likeness (QED) is 0.194. The van der Waals surface area contributed by atoms with Crippen molar-refractivity contribution in [3.05, 3.63) is 59.7 Å². The Balaban J connectivity index is 1.18. The highest BCUT2D eigenvalue weighted by atomic mass is 16.5. The van der Waals surface area contributed by atoms with E-state index in [1.807, 2.05) is 0 Å². The molecule has 0 bridgehead atoms. The number of ether oxygens (including phenoxy) is 6. The maximum atomic E-state index is 6.07. The molecule has 2 aromatic rings. The molecule has 0 amide bonds. The van der Waals surface area contributed by atoms with E-state index in [2.05, 4.69) is 90.1 Å². The van der Waals surface area contributed by atoms with Crippen molar-refractivity contribution in [2.75, 3.05) is 66.1 Å². The van der Waals surface area contributed by atoms with Gasteiger partial charge in [-0.25, -0.2) is 0 Å². The average Bonchev–Trinajstić information content (AvgIpc) is 2.94. The van der Waals surface area contributed by atoms with Gasteiger partial charge in [0.15, 0.2) is 0 Å². The van der Waals surface area contributed by atoms with Crippen LogP contribution in [0.2, 0.25) is 0 Å². The lowest BCUT2D eigenvalue weighted by atomic mass is 9.78. The highest BCUT2D eigenvalue weighted by molar-refractivity contribution is 5.41. The summed E-state index contributed by atoms with van der Waals surface area (Å²) >= 11 is 0. The van der Waals surface area contributed by atoms with Crippen LogP contribution in [0.3, 0.4) is 0 Å². The Morgan fingerprint density at radius 1 is 0.634 bits per heavy atom. The van der Waals surface area contributed by atoms with Gasteiger partial charge in [-0.1, -0.05) is 65.8 Å². The molecule has 2 unspecified atom stereocenters. The molecule has 2 atom stereocenters. The molecular formula is C35H52O6. The molecule has 2 fully saturated rings. The first kappa shape index (κ1) is 31.8. The Morgan fingerprint density at radius 3 is 1.29 bits per heavy atom. The second-order valence-electron chi connectivity index (χ2n) is 13.2.